The smallest absolute Gasteiger partial charge is 0.416 e. The van der Waals surface area contributed by atoms with Crippen LogP contribution in [0.4, 0.5) is 35.1 Å². The van der Waals surface area contributed by atoms with Gasteiger partial charge in [-0.05, 0) is 428 Å². The SMILES string of the molecule is Cc1cc(Br)c(O)c(-c2c3ccccc3cc3ccccc23)c1.Cc1cc(Br)c(O)c(-c2cc(C(F)(F)F)cc(C(F)(F)F)c2)c1.Cc1cc(Br)c(O)c(-c2cc(F)cc(F)c2)c1.Cc1cc(Br)c(O)c(-c2cccc3ccccc23)c1.Cc1cc(Br)c(O)c(-c2ccccc2)c1.Cc1cc(Br)c(O)c(C2c3ccccc3-c3ccccc32)c1.Cc1cc(C)c(-c2cc(C)cc(Br)c2O)c(C)c1. The van der Waals surface area contributed by atoms with Gasteiger partial charge < -0.3 is 35.7 Å². The monoisotopic (exact) mass is 2290 g/mol. The summed E-state index contributed by atoms with van der Waals surface area (Å²) in [6.07, 6.45) is -9.88. The van der Waals surface area contributed by atoms with E-state index >= 15 is 0 Å². The molecule has 0 heterocycles. The van der Waals surface area contributed by atoms with Crippen molar-refractivity contribution in [2.24, 2.45) is 0 Å². The minimum absolute atomic E-state index is 0.0272. The van der Waals surface area contributed by atoms with Crippen LogP contribution < -0.4 is 0 Å². The number of hydrogen-bond donors (Lipinski definition) is 7. The molecule has 1 aliphatic rings. The number of aryl methyl sites for hydroxylation is 10. The Labute approximate surface area is 848 Å². The summed E-state index contributed by atoms with van der Waals surface area (Å²) in [7, 11) is 0. The second-order valence-corrected chi connectivity index (χ2v) is 39.4. The lowest BCUT2D eigenvalue weighted by molar-refractivity contribution is -0.143. The first kappa shape index (κ1) is 103. The highest BCUT2D eigenvalue weighted by molar-refractivity contribution is 9.11. The highest BCUT2D eigenvalue weighted by Gasteiger charge is 2.38. The van der Waals surface area contributed by atoms with Gasteiger partial charge in [0, 0.05) is 56.5 Å². The van der Waals surface area contributed by atoms with E-state index in [9.17, 15) is 70.9 Å². The van der Waals surface area contributed by atoms with Crippen LogP contribution in [0, 0.1) is 80.9 Å². The van der Waals surface area contributed by atoms with Crippen molar-refractivity contribution in [3.63, 3.8) is 0 Å². The first-order chi connectivity index (χ1) is 64.9. The van der Waals surface area contributed by atoms with E-state index in [2.05, 4.69) is 254 Å². The van der Waals surface area contributed by atoms with Crippen molar-refractivity contribution in [3.8, 4) is 118 Å². The van der Waals surface area contributed by atoms with Gasteiger partial charge in [0.05, 0.1) is 42.4 Å². The summed E-state index contributed by atoms with van der Waals surface area (Å²) in [5, 5.41) is 78.5. The van der Waals surface area contributed by atoms with Gasteiger partial charge in [0.1, 0.15) is 51.9 Å². The Morgan fingerprint density at radius 3 is 0.942 bits per heavy atom. The van der Waals surface area contributed by atoms with E-state index in [1.54, 1.807) is 19.1 Å². The number of halogens is 15. The molecular weight excluding hydrogens is 2200 g/mol. The molecule has 0 aromatic heterocycles. The van der Waals surface area contributed by atoms with Crippen molar-refractivity contribution in [3.05, 3.63) is 436 Å². The number of alkyl halides is 6. The van der Waals surface area contributed by atoms with Gasteiger partial charge in [-0.3, -0.25) is 0 Å². The minimum atomic E-state index is -4.94. The van der Waals surface area contributed by atoms with Gasteiger partial charge in [-0.2, -0.15) is 26.3 Å². The standard InChI is InChI=1S/C21H15BrO.C20H15BrO.C17H13BrO.C16H17BrO.C15H9BrF6O.C13H9BrF2O.C13H11BrO/c1-13-10-18(21(23)19(22)11-13)20-16-8-4-2-6-14(16)12-15-7-3-5-9-17(15)20;1-12-10-17(20(22)18(21)11-12)19-15-8-4-2-6-13(15)14-7-3-5-9-16(14)19;1-11-9-15(17(19)16(18)10-11)14-8-4-6-12-5-2-3-7-13(12)14;1-9-5-11(3)15(12(4)6-9)13-7-10(2)8-14(17)16(13)18;1-7-2-11(13(23)12(16)3-7)8-4-9(14(17,18)19)6-10(5-8)15(20,21)22;1-7-2-11(13(17)12(14)3-7)8-4-9(15)6-10(16)5-8;1-9-7-11(13(15)12(14)8-9)10-5-3-2-4-6-10/h2-12,23H,1H3;2-11,19,22H,1H3;2-10,19H,1H3;5-8,18H,1-4H3;2-6,23H,1H3;2-6,17H,1H3;2-8,15H,1H3. The van der Waals surface area contributed by atoms with Crippen LogP contribution in [0.1, 0.15) is 89.4 Å². The molecule has 0 saturated heterocycles. The Bertz CT molecular complexity index is 7430. The summed E-state index contributed by atoms with van der Waals surface area (Å²) in [6.45, 7) is 19.9. The molecule has 7 N–H and O–H groups in total. The zero-order chi connectivity index (χ0) is 99.1. The fourth-order valence-corrected chi connectivity index (χ4v) is 21.0. The number of aromatic hydroxyl groups is 7. The minimum Gasteiger partial charge on any atom is -0.506 e. The number of hydrogen-bond acceptors (Lipinski definition) is 7. The third-order valence-corrected chi connectivity index (χ3v) is 27.1. The van der Waals surface area contributed by atoms with Gasteiger partial charge in [0.25, 0.3) is 0 Å². The normalized spacial score (nSPS) is 11.4. The lowest BCUT2D eigenvalue weighted by atomic mass is 9.88. The number of rotatable bonds is 7. The summed E-state index contributed by atoms with van der Waals surface area (Å²) < 4.78 is 108. The molecule has 18 aromatic rings. The first-order valence-electron chi connectivity index (χ1n) is 42.8. The number of benzene rings is 18. The van der Waals surface area contributed by atoms with Crippen LogP contribution in [0.2, 0.25) is 0 Å². The van der Waals surface area contributed by atoms with E-state index < -0.39 is 40.9 Å². The van der Waals surface area contributed by atoms with E-state index in [4.69, 9.17) is 0 Å². The predicted molar refractivity (Wildman–Crippen MR) is 566 cm³/mol. The average molecular weight is 2290 g/mol. The molecule has 7 nitrogen and oxygen atoms in total. The number of phenolic OH excluding ortho intramolecular Hbond substituents is 7. The molecule has 0 bridgehead atoms. The van der Waals surface area contributed by atoms with Crippen molar-refractivity contribution in [2.75, 3.05) is 0 Å². The molecule has 137 heavy (non-hydrogen) atoms. The van der Waals surface area contributed by atoms with E-state index in [1.165, 1.54) is 79.4 Å². The van der Waals surface area contributed by atoms with Gasteiger partial charge in [-0.1, -0.05) is 194 Å². The molecule has 0 atom stereocenters. The highest BCUT2D eigenvalue weighted by Crippen LogP contribution is 2.53. The molecule has 0 saturated carbocycles. The Morgan fingerprint density at radius 2 is 0.518 bits per heavy atom. The molecule has 0 amide bonds. The largest absolute Gasteiger partial charge is 0.506 e. The second-order valence-electron chi connectivity index (χ2n) is 33.5. The van der Waals surface area contributed by atoms with E-state index in [-0.39, 0.29) is 39.1 Å². The average Bonchev–Trinajstić information content (AvgIpc) is 1.68. The van der Waals surface area contributed by atoms with E-state index in [0.717, 1.165) is 128 Å². The summed E-state index contributed by atoms with van der Waals surface area (Å²) >= 11 is 23.3. The van der Waals surface area contributed by atoms with Crippen LogP contribution in [0.15, 0.2) is 341 Å². The fraction of sp³-hybridized carbons (Fsp3) is 0.113. The summed E-state index contributed by atoms with van der Waals surface area (Å²) in [4.78, 5) is 0. The maximum absolute atomic E-state index is 13.1. The Balaban J connectivity index is 0.000000136. The summed E-state index contributed by atoms with van der Waals surface area (Å²) in [5.74, 6) is -0.176. The third kappa shape index (κ3) is 24.1. The molecule has 0 unspecified atom stereocenters. The quantitative estimate of drug-likeness (QED) is 0.0622. The maximum atomic E-state index is 13.1. The molecule has 1 aliphatic carbocycles. The zero-order valence-electron chi connectivity index (χ0n) is 75.3. The molecule has 0 radical (unpaired) electrons. The van der Waals surface area contributed by atoms with Crippen molar-refractivity contribution < 1.29 is 70.9 Å². The van der Waals surface area contributed by atoms with Crippen LogP contribution in [-0.4, -0.2) is 35.7 Å². The maximum Gasteiger partial charge on any atom is 0.416 e. The topological polar surface area (TPSA) is 142 Å². The lowest BCUT2D eigenvalue weighted by Gasteiger charge is -2.17. The molecule has 696 valence electrons. The van der Waals surface area contributed by atoms with Crippen LogP contribution >= 0.6 is 112 Å². The van der Waals surface area contributed by atoms with E-state index in [1.807, 2.05) is 168 Å². The molecule has 18 aromatic carbocycles. The third-order valence-electron chi connectivity index (χ3n) is 22.9. The molecular formula is C115H89Br7F8O7. The first-order valence-corrected chi connectivity index (χ1v) is 48.4. The molecule has 0 spiro atoms. The predicted octanol–water partition coefficient (Wildman–Crippen LogP) is 37.1. The summed E-state index contributed by atoms with van der Waals surface area (Å²) in [5.41, 5.74) is 21.9. The molecule has 19 rings (SSSR count). The van der Waals surface area contributed by atoms with Gasteiger partial charge in [0.15, 0.2) is 0 Å². The Morgan fingerprint density at radius 1 is 0.219 bits per heavy atom. The Hall–Kier alpha value is -11.9. The second kappa shape index (κ2) is 43.9. The van der Waals surface area contributed by atoms with Crippen LogP contribution in [0.3, 0.4) is 0 Å². The fourth-order valence-electron chi connectivity index (χ4n) is 16.9. The van der Waals surface area contributed by atoms with Crippen molar-refractivity contribution in [1.29, 1.82) is 0 Å². The van der Waals surface area contributed by atoms with Crippen molar-refractivity contribution in [2.45, 2.75) is 87.5 Å². The van der Waals surface area contributed by atoms with Crippen LogP contribution in [-0.2, 0) is 12.4 Å². The van der Waals surface area contributed by atoms with Gasteiger partial charge in [-0.15, -0.1) is 0 Å². The number of fused-ring (bicyclic) bond motifs is 6. The van der Waals surface area contributed by atoms with E-state index in [0.29, 0.717) is 56.3 Å². The van der Waals surface area contributed by atoms with Crippen LogP contribution in [0.25, 0.3) is 110 Å². The van der Waals surface area contributed by atoms with Gasteiger partial charge >= 0.3 is 12.4 Å². The highest BCUT2D eigenvalue weighted by atomic mass is 79.9. The number of phenols is 7. The van der Waals surface area contributed by atoms with Crippen LogP contribution in [0.5, 0.6) is 40.2 Å². The summed E-state index contributed by atoms with van der Waals surface area (Å²) in [6, 6.07) is 94.7. The lowest BCUT2D eigenvalue weighted by Crippen LogP contribution is -2.11. The van der Waals surface area contributed by atoms with Gasteiger partial charge in [-0.25, -0.2) is 8.78 Å². The zero-order valence-corrected chi connectivity index (χ0v) is 86.4. The van der Waals surface area contributed by atoms with Crippen molar-refractivity contribution >= 4 is 144 Å². The molecule has 0 fully saturated rings. The molecule has 0 aliphatic heterocycles. The van der Waals surface area contributed by atoms with Gasteiger partial charge in [0.2, 0.25) is 0 Å². The van der Waals surface area contributed by atoms with Crippen molar-refractivity contribution in [1.82, 2.24) is 0 Å². The molecule has 22 heteroatoms. The Kier molecular flexibility index (Phi) is 32.8.